The summed E-state index contributed by atoms with van der Waals surface area (Å²) in [5.74, 6) is 0. The lowest BCUT2D eigenvalue weighted by Crippen LogP contribution is -1.91. The molecule has 9 rings (SSSR count). The number of nitrogens with zero attached hydrogens (tertiary/aromatic N) is 2. The lowest BCUT2D eigenvalue weighted by atomic mass is 9.89. The van der Waals surface area contributed by atoms with Crippen LogP contribution in [0.3, 0.4) is 0 Å². The average Bonchev–Trinajstić information content (AvgIpc) is 3.14. The first-order valence-electron chi connectivity index (χ1n) is 15.8. The second-order valence-corrected chi connectivity index (χ2v) is 12.3. The first kappa shape index (κ1) is 27.5. The van der Waals surface area contributed by atoms with Crippen LogP contribution in [-0.4, -0.2) is 9.97 Å². The number of para-hydroxylation sites is 1. The Labute approximate surface area is 277 Å². The summed E-state index contributed by atoms with van der Waals surface area (Å²) in [5.41, 5.74) is 9.87. The molecular formula is C44H27ClN2. The van der Waals surface area contributed by atoms with Crippen molar-refractivity contribution in [2.24, 2.45) is 0 Å². The predicted octanol–water partition coefficient (Wildman–Crippen LogP) is 12.4. The van der Waals surface area contributed by atoms with Crippen molar-refractivity contribution < 1.29 is 0 Å². The minimum Gasteiger partial charge on any atom is -0.218 e. The molecule has 0 atom stereocenters. The van der Waals surface area contributed by atoms with Crippen molar-refractivity contribution in [3.05, 3.63) is 169 Å². The van der Waals surface area contributed by atoms with E-state index in [1.165, 1.54) is 60.1 Å². The number of benzene rings is 8. The third-order valence-corrected chi connectivity index (χ3v) is 9.37. The SMILES string of the molecule is Clc1nc(-c2ccc(-c3cccc4cccc(-c5cccc(-c6cc7ccccc7c7ccccc67)c5)c34)cc2)c2ccccc2n1. The molecule has 1 heterocycles. The summed E-state index contributed by atoms with van der Waals surface area (Å²) >= 11 is 6.32. The van der Waals surface area contributed by atoms with E-state index < -0.39 is 0 Å². The third-order valence-electron chi connectivity index (χ3n) is 9.20. The number of hydrogen-bond donors (Lipinski definition) is 0. The van der Waals surface area contributed by atoms with Crippen LogP contribution in [-0.2, 0) is 0 Å². The molecule has 0 aliphatic heterocycles. The van der Waals surface area contributed by atoms with Gasteiger partial charge in [0, 0.05) is 10.9 Å². The Balaban J connectivity index is 1.18. The zero-order valence-corrected chi connectivity index (χ0v) is 26.1. The fourth-order valence-corrected chi connectivity index (χ4v) is 7.22. The molecule has 0 fully saturated rings. The lowest BCUT2D eigenvalue weighted by molar-refractivity contribution is 1.22. The molecule has 47 heavy (non-hydrogen) atoms. The molecule has 0 aliphatic carbocycles. The van der Waals surface area contributed by atoms with Crippen LogP contribution in [0.15, 0.2) is 164 Å². The summed E-state index contributed by atoms with van der Waals surface area (Å²) in [6, 6.07) is 58.5. The molecule has 0 saturated carbocycles. The van der Waals surface area contributed by atoms with Crippen LogP contribution < -0.4 is 0 Å². The highest BCUT2D eigenvalue weighted by atomic mass is 35.5. The van der Waals surface area contributed by atoms with E-state index in [1.54, 1.807) is 0 Å². The minimum absolute atomic E-state index is 0.250. The van der Waals surface area contributed by atoms with Crippen LogP contribution in [0.5, 0.6) is 0 Å². The average molecular weight is 619 g/mol. The van der Waals surface area contributed by atoms with E-state index in [0.717, 1.165) is 27.7 Å². The van der Waals surface area contributed by atoms with Gasteiger partial charge in [0.1, 0.15) is 0 Å². The van der Waals surface area contributed by atoms with Gasteiger partial charge in [0.15, 0.2) is 0 Å². The largest absolute Gasteiger partial charge is 0.223 e. The predicted molar refractivity (Wildman–Crippen MR) is 199 cm³/mol. The molecule has 0 unspecified atom stereocenters. The summed E-state index contributed by atoms with van der Waals surface area (Å²) in [5, 5.41) is 8.75. The fraction of sp³-hybridized carbons (Fsp3) is 0. The molecule has 3 heteroatoms. The minimum atomic E-state index is 0.250. The van der Waals surface area contributed by atoms with E-state index in [-0.39, 0.29) is 5.28 Å². The highest BCUT2D eigenvalue weighted by molar-refractivity contribution is 6.29. The molecule has 2 nitrogen and oxygen atoms in total. The first-order valence-corrected chi connectivity index (χ1v) is 16.2. The standard InChI is InChI=1S/C44H27ClN2/c45-44-46-41-21-6-5-18-39(41)43(47-44)30-24-22-28(23-25-30)35-19-8-11-29-12-9-20-36(42(29)35)31-13-7-14-32(26-31)40-27-33-10-1-2-15-34(33)37-16-3-4-17-38(37)40/h1-27H. The number of hydrogen-bond acceptors (Lipinski definition) is 2. The van der Waals surface area contributed by atoms with Gasteiger partial charge in [0.25, 0.3) is 0 Å². The van der Waals surface area contributed by atoms with Crippen molar-refractivity contribution in [3.8, 4) is 44.6 Å². The number of rotatable bonds is 4. The second-order valence-electron chi connectivity index (χ2n) is 11.9. The van der Waals surface area contributed by atoms with Crippen LogP contribution in [0, 0.1) is 0 Å². The van der Waals surface area contributed by atoms with Gasteiger partial charge in [-0.3, -0.25) is 0 Å². The Morgan fingerprint density at radius 2 is 0.936 bits per heavy atom. The van der Waals surface area contributed by atoms with Gasteiger partial charge in [-0.15, -0.1) is 0 Å². The van der Waals surface area contributed by atoms with E-state index in [1.807, 2.05) is 24.3 Å². The Hall–Kier alpha value is -5.83. The second kappa shape index (κ2) is 11.2. The van der Waals surface area contributed by atoms with Gasteiger partial charge < -0.3 is 0 Å². The highest BCUT2D eigenvalue weighted by Crippen LogP contribution is 2.40. The van der Waals surface area contributed by atoms with Crippen molar-refractivity contribution in [3.63, 3.8) is 0 Å². The van der Waals surface area contributed by atoms with Crippen LogP contribution in [0.2, 0.25) is 5.28 Å². The molecule has 0 radical (unpaired) electrons. The maximum absolute atomic E-state index is 6.32. The Morgan fingerprint density at radius 1 is 0.362 bits per heavy atom. The zero-order chi connectivity index (χ0) is 31.3. The van der Waals surface area contributed by atoms with Gasteiger partial charge >= 0.3 is 0 Å². The van der Waals surface area contributed by atoms with Crippen molar-refractivity contribution in [1.82, 2.24) is 9.97 Å². The van der Waals surface area contributed by atoms with E-state index in [4.69, 9.17) is 11.6 Å². The Kier molecular flexibility index (Phi) is 6.55. The van der Waals surface area contributed by atoms with Crippen molar-refractivity contribution in [1.29, 1.82) is 0 Å². The van der Waals surface area contributed by atoms with Crippen molar-refractivity contribution in [2.45, 2.75) is 0 Å². The van der Waals surface area contributed by atoms with E-state index in [2.05, 4.69) is 149 Å². The molecule has 0 amide bonds. The molecule has 0 saturated heterocycles. The first-order chi connectivity index (χ1) is 23.2. The van der Waals surface area contributed by atoms with Gasteiger partial charge in [0.05, 0.1) is 11.2 Å². The van der Waals surface area contributed by atoms with E-state index >= 15 is 0 Å². The molecule has 0 aliphatic rings. The number of aromatic nitrogens is 2. The summed E-state index contributed by atoms with van der Waals surface area (Å²) < 4.78 is 0. The maximum Gasteiger partial charge on any atom is 0.223 e. The molecule has 0 bridgehead atoms. The monoisotopic (exact) mass is 618 g/mol. The highest BCUT2D eigenvalue weighted by Gasteiger charge is 2.14. The quantitative estimate of drug-likeness (QED) is 0.145. The lowest BCUT2D eigenvalue weighted by Gasteiger charge is -2.15. The van der Waals surface area contributed by atoms with Crippen molar-refractivity contribution in [2.75, 3.05) is 0 Å². The summed E-state index contributed by atoms with van der Waals surface area (Å²) in [7, 11) is 0. The smallest absolute Gasteiger partial charge is 0.218 e. The number of halogens is 1. The van der Waals surface area contributed by atoms with Crippen molar-refractivity contribution >= 4 is 54.8 Å². The van der Waals surface area contributed by atoms with Crippen LogP contribution in [0.25, 0.3) is 87.9 Å². The van der Waals surface area contributed by atoms with Gasteiger partial charge in [0.2, 0.25) is 5.28 Å². The molecule has 0 N–H and O–H groups in total. The Bertz CT molecular complexity index is 2630. The van der Waals surface area contributed by atoms with E-state index in [0.29, 0.717) is 0 Å². The molecular weight excluding hydrogens is 592 g/mol. The molecule has 220 valence electrons. The summed E-state index contributed by atoms with van der Waals surface area (Å²) in [6.45, 7) is 0. The van der Waals surface area contributed by atoms with Gasteiger partial charge in [-0.25, -0.2) is 9.97 Å². The number of fused-ring (bicyclic) bond motifs is 5. The maximum atomic E-state index is 6.32. The van der Waals surface area contributed by atoms with E-state index in [9.17, 15) is 0 Å². The van der Waals surface area contributed by atoms with Gasteiger partial charge in [-0.05, 0) is 95.5 Å². The van der Waals surface area contributed by atoms with Gasteiger partial charge in [-0.1, -0.05) is 146 Å². The van der Waals surface area contributed by atoms with Gasteiger partial charge in [-0.2, -0.15) is 0 Å². The fourth-order valence-electron chi connectivity index (χ4n) is 7.05. The Morgan fingerprint density at radius 3 is 1.72 bits per heavy atom. The topological polar surface area (TPSA) is 25.8 Å². The summed E-state index contributed by atoms with van der Waals surface area (Å²) in [4.78, 5) is 9.01. The molecule has 1 aromatic heterocycles. The van der Waals surface area contributed by atoms with Crippen LogP contribution in [0.4, 0.5) is 0 Å². The normalized spacial score (nSPS) is 11.5. The molecule has 9 aromatic rings. The third kappa shape index (κ3) is 4.74. The molecule has 0 spiro atoms. The molecule has 8 aromatic carbocycles. The van der Waals surface area contributed by atoms with Crippen LogP contribution >= 0.6 is 11.6 Å². The van der Waals surface area contributed by atoms with Crippen LogP contribution in [0.1, 0.15) is 0 Å². The summed E-state index contributed by atoms with van der Waals surface area (Å²) in [6.07, 6.45) is 0. The zero-order valence-electron chi connectivity index (χ0n) is 25.4.